The van der Waals surface area contributed by atoms with Crippen LogP contribution < -0.4 is 14.2 Å². The Kier molecular flexibility index (Phi) is 14.3. The van der Waals surface area contributed by atoms with Crippen molar-refractivity contribution in [3.05, 3.63) is 71.8 Å². The van der Waals surface area contributed by atoms with Crippen LogP contribution in [0, 0.1) is 23.7 Å². The van der Waals surface area contributed by atoms with Crippen LogP contribution in [0.1, 0.15) is 105 Å². The highest BCUT2D eigenvalue weighted by Gasteiger charge is 2.65. The summed E-state index contributed by atoms with van der Waals surface area (Å²) < 4.78 is 26.0. The minimum Gasteiger partial charge on any atom is -0.496 e. The van der Waals surface area contributed by atoms with Crippen molar-refractivity contribution < 1.29 is 43.6 Å². The third-order valence-electron chi connectivity index (χ3n) is 12.5. The number of benzene rings is 2. The summed E-state index contributed by atoms with van der Waals surface area (Å²) in [6, 6.07) is 10.4. The van der Waals surface area contributed by atoms with Gasteiger partial charge < -0.3 is 38.9 Å². The maximum absolute atomic E-state index is 14.2. The number of nitrogens with zero attached hydrogens (tertiary/aromatic N) is 2. The van der Waals surface area contributed by atoms with E-state index < -0.39 is 11.8 Å². The maximum Gasteiger partial charge on any atom is 0.239 e. The van der Waals surface area contributed by atoms with Crippen molar-refractivity contribution in [2.24, 2.45) is 28.8 Å². The van der Waals surface area contributed by atoms with Gasteiger partial charge in [-0.1, -0.05) is 55.8 Å². The number of methoxy groups -OCH3 is 1. The van der Waals surface area contributed by atoms with Crippen molar-refractivity contribution in [2.75, 3.05) is 41.1 Å². The molecule has 11 nitrogen and oxygen atoms in total. The number of allylic oxidation sites excluding steroid dienone is 1. The fraction of sp³-hybridized carbons (Fsp3) is 0.578. The number of likely N-dealkylation sites (N-methyl/N-ethyl adjacent to an activating group) is 1. The standard InChI is InChI=1S/C45H60N2O9/c1-5-24-54-45-41(47(2)42(51)21-16-30-12-6-7-13-30)28-38(46-53-4)36-26-31(14-8-10-22-48)35(15-9-11-23-49)43(44(36)45)37-27-34(18-20-40(37)56-45)55-33-17-19-39(52-3)32(25-33)29-50/h5,17-20,25-27,29-31,35,41,43-44,48-49H,1,6-16,21-24,28H2,2-4H3. The second-order valence-corrected chi connectivity index (χ2v) is 15.8. The Balaban J connectivity index is 1.50. The molecule has 1 heterocycles. The molecule has 4 aliphatic rings. The molecule has 1 amide bonds. The summed E-state index contributed by atoms with van der Waals surface area (Å²) in [5, 5.41) is 24.3. The van der Waals surface area contributed by atoms with Gasteiger partial charge in [0.15, 0.2) is 6.29 Å². The van der Waals surface area contributed by atoms with Gasteiger partial charge in [-0.25, -0.2) is 0 Å². The minimum absolute atomic E-state index is 0.0498. The lowest BCUT2D eigenvalue weighted by Crippen LogP contribution is -2.69. The van der Waals surface area contributed by atoms with Crippen LogP contribution in [0.15, 0.2) is 65.9 Å². The number of hydrogen-bond acceptors (Lipinski definition) is 10. The molecule has 0 spiro atoms. The van der Waals surface area contributed by atoms with Crippen molar-refractivity contribution in [2.45, 2.75) is 101 Å². The van der Waals surface area contributed by atoms with E-state index in [1.54, 1.807) is 31.4 Å². The number of unbranched alkanes of at least 4 members (excludes halogenated alkanes) is 2. The molecule has 2 saturated carbocycles. The van der Waals surface area contributed by atoms with Gasteiger partial charge in [-0.3, -0.25) is 9.59 Å². The Morgan fingerprint density at radius 1 is 1.02 bits per heavy atom. The molecule has 6 rings (SSSR count). The topological polar surface area (TPSA) is 136 Å². The zero-order chi connectivity index (χ0) is 39.7. The van der Waals surface area contributed by atoms with Crippen molar-refractivity contribution in [3.8, 4) is 23.0 Å². The van der Waals surface area contributed by atoms with Crippen molar-refractivity contribution in [1.82, 2.24) is 4.90 Å². The number of carbonyl (C=O) groups is 2. The molecular weight excluding hydrogens is 712 g/mol. The molecule has 3 aliphatic carbocycles. The zero-order valence-corrected chi connectivity index (χ0v) is 33.3. The molecule has 2 aromatic rings. The SMILES string of the molecule is C=CCOC12Oc3ccc(Oc4ccc(OC)c(C=O)c4)cc3C3C(CCCCO)C(CCCCO)C=C(C(=NOC)CC1N(C)C(=O)CCC1CCCC1)C32. The third-order valence-corrected chi connectivity index (χ3v) is 12.5. The van der Waals surface area contributed by atoms with Gasteiger partial charge in [-0.2, -0.15) is 0 Å². The second kappa shape index (κ2) is 19.3. The lowest BCUT2D eigenvalue weighted by Gasteiger charge is -2.59. The first-order valence-electron chi connectivity index (χ1n) is 20.5. The van der Waals surface area contributed by atoms with Gasteiger partial charge in [0.25, 0.3) is 0 Å². The van der Waals surface area contributed by atoms with Crippen LogP contribution in [0.5, 0.6) is 23.0 Å². The van der Waals surface area contributed by atoms with Crippen LogP contribution in [0.2, 0.25) is 0 Å². The number of aldehydes is 1. The summed E-state index contributed by atoms with van der Waals surface area (Å²) in [4.78, 5) is 33.4. The summed E-state index contributed by atoms with van der Waals surface area (Å²) in [6.07, 6.45) is 16.0. The molecule has 11 heteroatoms. The highest BCUT2D eigenvalue weighted by molar-refractivity contribution is 6.03. The van der Waals surface area contributed by atoms with Gasteiger partial charge >= 0.3 is 0 Å². The van der Waals surface area contributed by atoms with Gasteiger partial charge in [0.1, 0.15) is 36.1 Å². The summed E-state index contributed by atoms with van der Waals surface area (Å²) in [7, 11) is 4.94. The molecular formula is C45H60N2O9. The van der Waals surface area contributed by atoms with Gasteiger partial charge in [0.05, 0.1) is 30.9 Å². The lowest BCUT2D eigenvalue weighted by atomic mass is 9.55. The zero-order valence-electron chi connectivity index (χ0n) is 33.3. The number of rotatable bonds is 20. The fourth-order valence-electron chi connectivity index (χ4n) is 9.88. The Morgan fingerprint density at radius 2 is 1.75 bits per heavy atom. The largest absolute Gasteiger partial charge is 0.496 e. The van der Waals surface area contributed by atoms with E-state index in [1.807, 2.05) is 30.1 Å². The summed E-state index contributed by atoms with van der Waals surface area (Å²) >= 11 is 0. The summed E-state index contributed by atoms with van der Waals surface area (Å²) in [6.45, 7) is 4.43. The monoisotopic (exact) mass is 772 g/mol. The number of carbonyl (C=O) groups excluding carboxylic acids is 2. The first kappa shape index (κ1) is 41.4. The molecule has 0 aromatic heterocycles. The third kappa shape index (κ3) is 8.70. The molecule has 6 unspecified atom stereocenters. The molecule has 0 radical (unpaired) electrons. The molecule has 2 N–H and O–H groups in total. The Morgan fingerprint density at radius 3 is 2.45 bits per heavy atom. The molecule has 56 heavy (non-hydrogen) atoms. The number of ether oxygens (including phenoxy) is 4. The predicted octanol–water partition coefficient (Wildman–Crippen LogP) is 7.99. The summed E-state index contributed by atoms with van der Waals surface area (Å²) in [5.74, 6) is 1.17. The molecule has 0 saturated heterocycles. The Bertz CT molecular complexity index is 1740. The maximum atomic E-state index is 14.2. The number of amides is 1. The highest BCUT2D eigenvalue weighted by Crippen LogP contribution is 2.62. The molecule has 6 atom stereocenters. The Hall–Kier alpha value is -4.19. The Labute approximate surface area is 331 Å². The first-order chi connectivity index (χ1) is 27.3. The number of aliphatic hydroxyl groups excluding tert-OH is 2. The number of aliphatic hydroxyl groups is 2. The smallest absolute Gasteiger partial charge is 0.239 e. The van der Waals surface area contributed by atoms with Crippen LogP contribution >= 0.6 is 0 Å². The van der Waals surface area contributed by atoms with E-state index in [0.717, 1.165) is 55.2 Å². The molecule has 0 bridgehead atoms. The van der Waals surface area contributed by atoms with E-state index in [9.17, 15) is 19.8 Å². The second-order valence-electron chi connectivity index (χ2n) is 15.8. The highest BCUT2D eigenvalue weighted by atomic mass is 16.7. The van der Waals surface area contributed by atoms with Crippen LogP contribution in [-0.2, 0) is 14.4 Å². The van der Waals surface area contributed by atoms with Crippen molar-refractivity contribution in [3.63, 3.8) is 0 Å². The van der Waals surface area contributed by atoms with E-state index in [4.69, 9.17) is 23.8 Å². The van der Waals surface area contributed by atoms with Gasteiger partial charge in [-0.15, -0.1) is 6.58 Å². The van der Waals surface area contributed by atoms with Crippen LogP contribution in [0.3, 0.4) is 0 Å². The van der Waals surface area contributed by atoms with E-state index in [-0.39, 0.29) is 49.4 Å². The number of fused-ring (bicyclic) bond motifs is 2. The lowest BCUT2D eigenvalue weighted by molar-refractivity contribution is -0.255. The van der Waals surface area contributed by atoms with E-state index in [1.165, 1.54) is 32.8 Å². The quantitative estimate of drug-likeness (QED) is 0.0594. The molecule has 2 fully saturated rings. The normalized spacial score (nSPS) is 26.1. The minimum atomic E-state index is -1.29. The van der Waals surface area contributed by atoms with E-state index in [0.29, 0.717) is 60.2 Å². The summed E-state index contributed by atoms with van der Waals surface area (Å²) in [5.41, 5.74) is 3.08. The van der Waals surface area contributed by atoms with Crippen LogP contribution in [-0.4, -0.2) is 85.9 Å². The fourth-order valence-corrected chi connectivity index (χ4v) is 9.88. The van der Waals surface area contributed by atoms with Crippen LogP contribution in [0.25, 0.3) is 0 Å². The van der Waals surface area contributed by atoms with E-state index in [2.05, 4.69) is 17.8 Å². The number of hydrogen-bond donors (Lipinski definition) is 2. The van der Waals surface area contributed by atoms with Crippen molar-refractivity contribution in [1.29, 1.82) is 0 Å². The predicted molar refractivity (Wildman–Crippen MR) is 214 cm³/mol. The van der Waals surface area contributed by atoms with Gasteiger partial charge in [0, 0.05) is 44.6 Å². The molecule has 304 valence electrons. The molecule has 1 aliphatic heterocycles. The average molecular weight is 773 g/mol. The number of oxime groups is 1. The first-order valence-corrected chi connectivity index (χ1v) is 20.5. The van der Waals surface area contributed by atoms with E-state index >= 15 is 0 Å². The average Bonchev–Trinajstić information content (AvgIpc) is 3.74. The van der Waals surface area contributed by atoms with Gasteiger partial charge in [-0.05, 0) is 91.8 Å². The van der Waals surface area contributed by atoms with Crippen LogP contribution in [0.4, 0.5) is 0 Å². The molecule has 2 aromatic carbocycles. The van der Waals surface area contributed by atoms with Crippen molar-refractivity contribution >= 4 is 17.9 Å². The van der Waals surface area contributed by atoms with Gasteiger partial charge in [0.2, 0.25) is 11.7 Å².